The first-order chi connectivity index (χ1) is 11.0. The third-order valence-electron chi connectivity index (χ3n) is 3.00. The van der Waals surface area contributed by atoms with Crippen LogP contribution in [0, 0.1) is 0 Å². The number of nitrogens with zero attached hydrogens (tertiary/aromatic N) is 3. The van der Waals surface area contributed by atoms with E-state index in [0.717, 1.165) is 0 Å². The van der Waals surface area contributed by atoms with E-state index in [2.05, 4.69) is 25.9 Å². The highest BCUT2D eigenvalue weighted by molar-refractivity contribution is 6.15. The van der Waals surface area contributed by atoms with Crippen molar-refractivity contribution in [2.24, 2.45) is 0 Å². The molecule has 2 heterocycles. The van der Waals surface area contributed by atoms with E-state index in [-0.39, 0.29) is 5.57 Å². The number of anilines is 1. The molecule has 0 aliphatic carbocycles. The Morgan fingerprint density at radius 1 is 1.17 bits per heavy atom. The van der Waals surface area contributed by atoms with Gasteiger partial charge in [0.1, 0.15) is 0 Å². The summed E-state index contributed by atoms with van der Waals surface area (Å²) in [5.41, 5.74) is 1.01. The lowest BCUT2D eigenvalue weighted by atomic mass is 10.1. The van der Waals surface area contributed by atoms with Crippen LogP contribution in [-0.4, -0.2) is 38.3 Å². The van der Waals surface area contributed by atoms with Crippen molar-refractivity contribution in [1.29, 1.82) is 0 Å². The molecular weight excluding hydrogens is 302 g/mol. The maximum absolute atomic E-state index is 11.9. The van der Waals surface area contributed by atoms with Gasteiger partial charge in [-0.05, 0) is 17.3 Å². The van der Waals surface area contributed by atoms with E-state index in [1.54, 1.807) is 24.3 Å². The average molecular weight is 315 g/mol. The first-order valence-corrected chi connectivity index (χ1v) is 6.72. The fourth-order valence-corrected chi connectivity index (χ4v) is 2.01. The Morgan fingerprint density at radius 2 is 1.87 bits per heavy atom. The molecule has 9 nitrogen and oxygen atoms in total. The van der Waals surface area contributed by atoms with Crippen molar-refractivity contribution < 1.29 is 19.1 Å². The van der Waals surface area contributed by atoms with E-state index in [0.29, 0.717) is 17.1 Å². The first-order valence-electron chi connectivity index (χ1n) is 6.72. The van der Waals surface area contributed by atoms with Crippen LogP contribution < -0.4 is 5.32 Å². The van der Waals surface area contributed by atoms with E-state index in [9.17, 15) is 9.59 Å². The van der Waals surface area contributed by atoms with Crippen LogP contribution >= 0.6 is 0 Å². The topological polar surface area (TPSA) is 119 Å². The van der Waals surface area contributed by atoms with Crippen LogP contribution in [0.15, 0.2) is 36.0 Å². The van der Waals surface area contributed by atoms with E-state index in [4.69, 9.17) is 9.47 Å². The van der Waals surface area contributed by atoms with Gasteiger partial charge in [0, 0.05) is 31.3 Å². The van der Waals surface area contributed by atoms with Crippen LogP contribution in [0.2, 0.25) is 0 Å². The lowest BCUT2D eigenvalue weighted by molar-refractivity contribution is -0.222. The van der Waals surface area contributed by atoms with Crippen LogP contribution in [0.25, 0.3) is 11.4 Å². The highest BCUT2D eigenvalue weighted by Gasteiger charge is 2.38. The molecule has 0 unspecified atom stereocenters. The van der Waals surface area contributed by atoms with Gasteiger partial charge in [-0.3, -0.25) is 0 Å². The number of hydrogen-bond acceptors (Lipinski definition) is 8. The van der Waals surface area contributed by atoms with Crippen molar-refractivity contribution in [2.45, 2.75) is 19.6 Å². The molecule has 0 amide bonds. The molecule has 1 saturated heterocycles. The Balaban J connectivity index is 1.86. The number of aromatic amines is 1. The van der Waals surface area contributed by atoms with Gasteiger partial charge in [-0.25, -0.2) is 9.59 Å². The SMILES string of the molecule is CC1(C)OC(=O)C(=CNc2ccccc2-c2nn[nH]n2)C(=O)O1. The van der Waals surface area contributed by atoms with Gasteiger partial charge in [-0.1, -0.05) is 12.1 Å². The molecule has 1 aliphatic rings. The van der Waals surface area contributed by atoms with E-state index in [1.165, 1.54) is 20.0 Å². The molecule has 1 aliphatic heterocycles. The Hall–Kier alpha value is -3.23. The lowest BCUT2D eigenvalue weighted by Crippen LogP contribution is -2.42. The summed E-state index contributed by atoms with van der Waals surface area (Å²) in [5.74, 6) is -2.40. The second-order valence-corrected chi connectivity index (χ2v) is 5.16. The van der Waals surface area contributed by atoms with Gasteiger partial charge >= 0.3 is 11.9 Å². The molecule has 0 bridgehead atoms. The third kappa shape index (κ3) is 3.03. The Bertz CT molecular complexity index is 760. The summed E-state index contributed by atoms with van der Waals surface area (Å²) in [5, 5.41) is 16.5. The van der Waals surface area contributed by atoms with E-state index >= 15 is 0 Å². The summed E-state index contributed by atoms with van der Waals surface area (Å²) >= 11 is 0. The highest BCUT2D eigenvalue weighted by Crippen LogP contribution is 2.26. The van der Waals surface area contributed by atoms with Crippen molar-refractivity contribution >= 4 is 17.6 Å². The molecule has 2 N–H and O–H groups in total. The summed E-state index contributed by atoms with van der Waals surface area (Å²) in [6, 6.07) is 7.10. The van der Waals surface area contributed by atoms with Crippen molar-refractivity contribution in [2.75, 3.05) is 5.32 Å². The fraction of sp³-hybridized carbons (Fsp3) is 0.214. The van der Waals surface area contributed by atoms with Crippen molar-refractivity contribution in [3.05, 3.63) is 36.0 Å². The summed E-state index contributed by atoms with van der Waals surface area (Å²) in [6.07, 6.45) is 1.23. The van der Waals surface area contributed by atoms with Crippen LogP contribution in [0.5, 0.6) is 0 Å². The number of esters is 2. The number of carbonyl (C=O) groups is 2. The maximum atomic E-state index is 11.9. The van der Waals surface area contributed by atoms with Crippen LogP contribution in [0.1, 0.15) is 13.8 Å². The van der Waals surface area contributed by atoms with Gasteiger partial charge in [0.25, 0.3) is 5.79 Å². The molecule has 1 fully saturated rings. The molecule has 1 aromatic heterocycles. The van der Waals surface area contributed by atoms with E-state index < -0.39 is 17.7 Å². The molecule has 2 aromatic rings. The van der Waals surface area contributed by atoms with Gasteiger partial charge < -0.3 is 14.8 Å². The molecule has 0 radical (unpaired) electrons. The monoisotopic (exact) mass is 315 g/mol. The number of H-pyrrole nitrogens is 1. The van der Waals surface area contributed by atoms with Crippen LogP contribution in [0.4, 0.5) is 5.69 Å². The highest BCUT2D eigenvalue weighted by atomic mass is 16.7. The number of nitrogens with one attached hydrogen (secondary N) is 2. The van der Waals surface area contributed by atoms with E-state index in [1.807, 2.05) is 0 Å². The number of aromatic nitrogens is 4. The van der Waals surface area contributed by atoms with Gasteiger partial charge in [-0.2, -0.15) is 5.21 Å². The molecule has 118 valence electrons. The number of carbonyl (C=O) groups excluding carboxylic acids is 2. The maximum Gasteiger partial charge on any atom is 0.350 e. The molecule has 23 heavy (non-hydrogen) atoms. The molecule has 0 atom stereocenters. The minimum absolute atomic E-state index is 0.229. The summed E-state index contributed by atoms with van der Waals surface area (Å²) in [4.78, 5) is 23.8. The minimum Gasteiger partial charge on any atom is -0.419 e. The number of cyclic esters (lactones) is 2. The summed E-state index contributed by atoms with van der Waals surface area (Å²) in [7, 11) is 0. The van der Waals surface area contributed by atoms with Gasteiger partial charge in [0.05, 0.1) is 0 Å². The number of tetrazole rings is 1. The average Bonchev–Trinajstić information content (AvgIpc) is 2.99. The number of hydrogen-bond donors (Lipinski definition) is 2. The second-order valence-electron chi connectivity index (χ2n) is 5.16. The number of rotatable bonds is 3. The molecule has 0 spiro atoms. The number of para-hydroxylation sites is 1. The molecular formula is C14H13N5O4. The minimum atomic E-state index is -1.27. The zero-order valence-electron chi connectivity index (χ0n) is 12.4. The fourth-order valence-electron chi connectivity index (χ4n) is 2.01. The Kier molecular flexibility index (Phi) is 3.53. The standard InChI is InChI=1S/C14H13N5O4/c1-14(2)22-12(20)9(13(21)23-14)7-15-10-6-4-3-5-8(10)11-16-18-19-17-11/h3-7,15H,1-2H3,(H,16,17,18,19). The van der Waals surface area contributed by atoms with Crippen molar-refractivity contribution in [3.8, 4) is 11.4 Å². The first kappa shape index (κ1) is 14.7. The van der Waals surface area contributed by atoms with Gasteiger partial charge in [-0.15, -0.1) is 10.2 Å². The normalized spacial score (nSPS) is 16.5. The second kappa shape index (κ2) is 5.52. The smallest absolute Gasteiger partial charge is 0.350 e. The lowest BCUT2D eigenvalue weighted by Gasteiger charge is -2.29. The zero-order chi connectivity index (χ0) is 16.4. The molecule has 0 saturated carbocycles. The van der Waals surface area contributed by atoms with Crippen LogP contribution in [-0.2, 0) is 19.1 Å². The molecule has 3 rings (SSSR count). The number of ether oxygens (including phenoxy) is 2. The molecule has 1 aromatic carbocycles. The third-order valence-corrected chi connectivity index (χ3v) is 3.00. The van der Waals surface area contributed by atoms with Crippen molar-refractivity contribution in [1.82, 2.24) is 20.6 Å². The molecule has 9 heteroatoms. The van der Waals surface area contributed by atoms with Gasteiger partial charge in [0.2, 0.25) is 5.82 Å². The zero-order valence-corrected chi connectivity index (χ0v) is 12.4. The summed E-state index contributed by atoms with van der Waals surface area (Å²) < 4.78 is 10.0. The quantitative estimate of drug-likeness (QED) is 0.489. The number of benzene rings is 1. The predicted octanol–water partition coefficient (Wildman–Crippen LogP) is 0.999. The van der Waals surface area contributed by atoms with Gasteiger partial charge in [0.15, 0.2) is 5.57 Å². The predicted molar refractivity (Wildman–Crippen MR) is 77.6 cm³/mol. The van der Waals surface area contributed by atoms with Crippen molar-refractivity contribution in [3.63, 3.8) is 0 Å². The van der Waals surface area contributed by atoms with Crippen LogP contribution in [0.3, 0.4) is 0 Å². The Morgan fingerprint density at radius 3 is 2.52 bits per heavy atom. The largest absolute Gasteiger partial charge is 0.419 e. The Labute approximate surface area is 130 Å². The summed E-state index contributed by atoms with van der Waals surface area (Å²) in [6.45, 7) is 2.97.